The zero-order valence-corrected chi connectivity index (χ0v) is 16.0. The summed E-state index contributed by atoms with van der Waals surface area (Å²) in [4.78, 5) is 27.3. The fraction of sp³-hybridized carbons (Fsp3) is 0.381. The van der Waals surface area contributed by atoms with Crippen LogP contribution >= 0.6 is 0 Å². The Kier molecular flexibility index (Phi) is 6.13. The van der Waals surface area contributed by atoms with E-state index < -0.39 is 11.9 Å². The molecular formula is C21H24N2O5. The number of rotatable bonds is 7. The molecule has 0 spiro atoms. The van der Waals surface area contributed by atoms with E-state index in [2.05, 4.69) is 10.3 Å². The second-order valence-electron chi connectivity index (χ2n) is 6.84. The third kappa shape index (κ3) is 4.60. The van der Waals surface area contributed by atoms with Gasteiger partial charge in [-0.2, -0.15) is 0 Å². The molecule has 1 atom stereocenters. The molecule has 0 radical (unpaired) electrons. The summed E-state index contributed by atoms with van der Waals surface area (Å²) in [5.74, 6) is -0.296. The SMILES string of the molecule is COc1cc(C(C)NC(=O)c2cccc(C(=O)O)n2)ccc1OC1CCCC1. The van der Waals surface area contributed by atoms with Crippen LogP contribution in [-0.4, -0.2) is 35.2 Å². The van der Waals surface area contributed by atoms with Gasteiger partial charge in [-0.1, -0.05) is 12.1 Å². The van der Waals surface area contributed by atoms with Gasteiger partial charge < -0.3 is 19.9 Å². The zero-order valence-electron chi connectivity index (χ0n) is 16.0. The first kappa shape index (κ1) is 19.7. The molecule has 1 aromatic heterocycles. The smallest absolute Gasteiger partial charge is 0.354 e. The number of nitrogens with one attached hydrogen (secondary N) is 1. The highest BCUT2D eigenvalue weighted by Crippen LogP contribution is 2.33. The van der Waals surface area contributed by atoms with Gasteiger partial charge in [0.05, 0.1) is 19.3 Å². The molecule has 1 unspecified atom stereocenters. The number of carbonyl (C=O) groups excluding carboxylic acids is 1. The van der Waals surface area contributed by atoms with Crippen LogP contribution in [0.1, 0.15) is 65.2 Å². The topological polar surface area (TPSA) is 97.8 Å². The third-order valence-corrected chi connectivity index (χ3v) is 4.83. The Labute approximate surface area is 163 Å². The monoisotopic (exact) mass is 384 g/mol. The van der Waals surface area contributed by atoms with Crippen molar-refractivity contribution in [2.45, 2.75) is 44.8 Å². The van der Waals surface area contributed by atoms with Crippen LogP contribution < -0.4 is 14.8 Å². The van der Waals surface area contributed by atoms with Crippen molar-refractivity contribution in [1.29, 1.82) is 0 Å². The van der Waals surface area contributed by atoms with E-state index in [1.807, 2.05) is 25.1 Å². The van der Waals surface area contributed by atoms with Gasteiger partial charge in [-0.05, 0) is 62.4 Å². The first-order valence-corrected chi connectivity index (χ1v) is 9.33. The number of hydrogen-bond acceptors (Lipinski definition) is 5. The van der Waals surface area contributed by atoms with E-state index in [-0.39, 0.29) is 23.5 Å². The molecule has 2 aromatic rings. The molecule has 1 saturated carbocycles. The number of carbonyl (C=O) groups is 2. The maximum Gasteiger partial charge on any atom is 0.354 e. The van der Waals surface area contributed by atoms with Crippen molar-refractivity contribution in [1.82, 2.24) is 10.3 Å². The van der Waals surface area contributed by atoms with Gasteiger partial charge in [0.2, 0.25) is 0 Å². The quantitative estimate of drug-likeness (QED) is 0.757. The molecule has 1 aliphatic carbocycles. The summed E-state index contributed by atoms with van der Waals surface area (Å²) < 4.78 is 11.5. The molecule has 1 aromatic carbocycles. The number of benzene rings is 1. The van der Waals surface area contributed by atoms with Gasteiger partial charge in [0.15, 0.2) is 11.5 Å². The minimum Gasteiger partial charge on any atom is -0.493 e. The fourth-order valence-electron chi connectivity index (χ4n) is 3.27. The van der Waals surface area contributed by atoms with Crippen LogP contribution in [0, 0.1) is 0 Å². The summed E-state index contributed by atoms with van der Waals surface area (Å²) in [6.07, 6.45) is 4.71. The van der Waals surface area contributed by atoms with Crippen molar-refractivity contribution in [3.63, 3.8) is 0 Å². The largest absolute Gasteiger partial charge is 0.493 e. The number of nitrogens with zero attached hydrogens (tertiary/aromatic N) is 1. The van der Waals surface area contributed by atoms with Crippen molar-refractivity contribution >= 4 is 11.9 Å². The van der Waals surface area contributed by atoms with E-state index in [1.165, 1.54) is 31.0 Å². The molecule has 0 saturated heterocycles. The Hall–Kier alpha value is -3.09. The third-order valence-electron chi connectivity index (χ3n) is 4.83. The molecule has 0 aliphatic heterocycles. The van der Waals surface area contributed by atoms with Gasteiger partial charge in [0, 0.05) is 0 Å². The zero-order chi connectivity index (χ0) is 20.1. The van der Waals surface area contributed by atoms with Crippen LogP contribution in [0.2, 0.25) is 0 Å². The van der Waals surface area contributed by atoms with Gasteiger partial charge in [0.1, 0.15) is 11.4 Å². The van der Waals surface area contributed by atoms with Crippen molar-refractivity contribution < 1.29 is 24.2 Å². The molecule has 148 valence electrons. The number of amides is 1. The van der Waals surface area contributed by atoms with Crippen LogP contribution in [-0.2, 0) is 0 Å². The minimum atomic E-state index is -1.18. The lowest BCUT2D eigenvalue weighted by Crippen LogP contribution is -2.28. The number of aromatic nitrogens is 1. The van der Waals surface area contributed by atoms with Gasteiger partial charge in [-0.25, -0.2) is 9.78 Å². The Morgan fingerprint density at radius 1 is 1.14 bits per heavy atom. The number of carboxylic acids is 1. The lowest BCUT2D eigenvalue weighted by molar-refractivity contribution is 0.0690. The molecule has 0 bridgehead atoms. The van der Waals surface area contributed by atoms with Gasteiger partial charge >= 0.3 is 5.97 Å². The Bertz CT molecular complexity index is 862. The van der Waals surface area contributed by atoms with Gasteiger partial charge in [-0.3, -0.25) is 4.79 Å². The molecule has 1 aliphatic rings. The summed E-state index contributed by atoms with van der Waals surface area (Å²) in [5, 5.41) is 11.8. The van der Waals surface area contributed by atoms with Crippen molar-refractivity contribution in [2.24, 2.45) is 0 Å². The highest BCUT2D eigenvalue weighted by atomic mass is 16.5. The molecule has 2 N–H and O–H groups in total. The summed E-state index contributed by atoms with van der Waals surface area (Å²) in [5.41, 5.74) is 0.730. The van der Waals surface area contributed by atoms with E-state index in [0.717, 1.165) is 18.4 Å². The van der Waals surface area contributed by atoms with Crippen LogP contribution in [0.3, 0.4) is 0 Å². The summed E-state index contributed by atoms with van der Waals surface area (Å²) in [6, 6.07) is 9.59. The average Bonchev–Trinajstić information content (AvgIpc) is 3.21. The normalized spacial score (nSPS) is 15.1. The lowest BCUT2D eigenvalue weighted by atomic mass is 10.1. The first-order valence-electron chi connectivity index (χ1n) is 9.33. The maximum absolute atomic E-state index is 12.4. The van der Waals surface area contributed by atoms with E-state index in [9.17, 15) is 9.59 Å². The molecule has 28 heavy (non-hydrogen) atoms. The number of pyridine rings is 1. The van der Waals surface area contributed by atoms with Crippen LogP contribution in [0.15, 0.2) is 36.4 Å². The predicted molar refractivity (Wildman–Crippen MR) is 103 cm³/mol. The molecule has 1 amide bonds. The number of ether oxygens (including phenoxy) is 2. The summed E-state index contributed by atoms with van der Waals surface area (Å²) in [7, 11) is 1.59. The lowest BCUT2D eigenvalue weighted by Gasteiger charge is -2.19. The standard InChI is InChI=1S/C21H24N2O5/c1-13(22-20(24)16-8-5-9-17(23-16)21(25)26)14-10-11-18(19(12-14)27-2)28-15-6-3-4-7-15/h5,8-13,15H,3-4,6-7H2,1-2H3,(H,22,24)(H,25,26). The first-order chi connectivity index (χ1) is 13.5. The number of aromatic carboxylic acids is 1. The van der Waals surface area contributed by atoms with Crippen LogP contribution in [0.4, 0.5) is 0 Å². The predicted octanol–water partition coefficient (Wildman–Crippen LogP) is 3.60. The second kappa shape index (κ2) is 8.73. The van der Waals surface area contributed by atoms with Crippen LogP contribution in [0.25, 0.3) is 0 Å². The molecular weight excluding hydrogens is 360 g/mol. The number of methoxy groups -OCH3 is 1. The number of hydrogen-bond donors (Lipinski definition) is 2. The average molecular weight is 384 g/mol. The van der Waals surface area contributed by atoms with Gasteiger partial charge in [0.25, 0.3) is 5.91 Å². The van der Waals surface area contributed by atoms with E-state index in [4.69, 9.17) is 14.6 Å². The Morgan fingerprint density at radius 2 is 1.86 bits per heavy atom. The molecule has 1 heterocycles. The molecule has 3 rings (SSSR count). The molecule has 7 heteroatoms. The molecule has 1 fully saturated rings. The van der Waals surface area contributed by atoms with Crippen molar-refractivity contribution in [3.8, 4) is 11.5 Å². The van der Waals surface area contributed by atoms with Gasteiger partial charge in [-0.15, -0.1) is 0 Å². The second-order valence-corrected chi connectivity index (χ2v) is 6.84. The number of carboxylic acid groups (broad SMARTS) is 1. The Morgan fingerprint density at radius 3 is 2.54 bits per heavy atom. The Balaban J connectivity index is 1.71. The van der Waals surface area contributed by atoms with Crippen molar-refractivity contribution in [2.75, 3.05) is 7.11 Å². The molecule has 7 nitrogen and oxygen atoms in total. The summed E-state index contributed by atoms with van der Waals surface area (Å²) >= 11 is 0. The van der Waals surface area contributed by atoms with Crippen LogP contribution in [0.5, 0.6) is 11.5 Å². The highest BCUT2D eigenvalue weighted by Gasteiger charge is 2.20. The van der Waals surface area contributed by atoms with E-state index >= 15 is 0 Å². The van der Waals surface area contributed by atoms with E-state index in [0.29, 0.717) is 11.5 Å². The summed E-state index contributed by atoms with van der Waals surface area (Å²) in [6.45, 7) is 1.84. The highest BCUT2D eigenvalue weighted by molar-refractivity contribution is 5.94. The van der Waals surface area contributed by atoms with E-state index in [1.54, 1.807) is 7.11 Å². The maximum atomic E-state index is 12.4. The fourth-order valence-corrected chi connectivity index (χ4v) is 3.27. The van der Waals surface area contributed by atoms with Crippen molar-refractivity contribution in [3.05, 3.63) is 53.3 Å². The minimum absolute atomic E-state index is 0.0555.